The number of carbonyl (C=O) groups excluding carboxylic acids is 2. The van der Waals surface area contributed by atoms with Crippen LogP contribution in [0.25, 0.3) is 11.3 Å². The van der Waals surface area contributed by atoms with Gasteiger partial charge in [0.15, 0.2) is 16.6 Å². The third kappa shape index (κ3) is 5.46. The highest BCUT2D eigenvalue weighted by atomic mass is 32.1. The summed E-state index contributed by atoms with van der Waals surface area (Å²) >= 11 is 1.52. The minimum atomic E-state index is -0.673. The lowest BCUT2D eigenvalue weighted by molar-refractivity contribution is -0.137. The summed E-state index contributed by atoms with van der Waals surface area (Å²) in [6, 6.07) is 13.2. The number of nitrogens with one attached hydrogen (secondary N) is 2. The highest BCUT2D eigenvalue weighted by molar-refractivity contribution is 7.16. The van der Waals surface area contributed by atoms with Crippen LogP contribution in [0.15, 0.2) is 65.0 Å². The molecule has 0 aliphatic carbocycles. The summed E-state index contributed by atoms with van der Waals surface area (Å²) in [5.41, 5.74) is 5.15. The lowest BCUT2D eigenvalue weighted by Gasteiger charge is -2.30. The average Bonchev–Trinajstić information content (AvgIpc) is 3.30. The first-order chi connectivity index (χ1) is 18.7. The zero-order chi connectivity index (χ0) is 28.3. The van der Waals surface area contributed by atoms with Gasteiger partial charge in [-0.2, -0.15) is 0 Å². The van der Waals surface area contributed by atoms with Crippen LogP contribution < -0.4 is 20.1 Å². The molecule has 9 nitrogen and oxygen atoms in total. The zero-order valence-corrected chi connectivity index (χ0v) is 23.7. The van der Waals surface area contributed by atoms with Crippen molar-refractivity contribution in [2.24, 2.45) is 0 Å². The number of thiazole rings is 1. The quantitative estimate of drug-likeness (QED) is 0.354. The molecule has 0 amide bonds. The Morgan fingerprint density at radius 2 is 1.51 bits per heavy atom. The fourth-order valence-electron chi connectivity index (χ4n) is 4.71. The molecule has 2 aromatic carbocycles. The van der Waals surface area contributed by atoms with Crippen molar-refractivity contribution in [3.05, 3.63) is 75.4 Å². The Morgan fingerprint density at radius 3 is 2.10 bits per heavy atom. The van der Waals surface area contributed by atoms with E-state index >= 15 is 0 Å². The number of anilines is 2. The van der Waals surface area contributed by atoms with Gasteiger partial charge in [0, 0.05) is 27.5 Å². The molecule has 2 N–H and O–H groups in total. The molecule has 0 spiro atoms. The third-order valence-electron chi connectivity index (χ3n) is 6.50. The van der Waals surface area contributed by atoms with Crippen molar-refractivity contribution >= 4 is 34.1 Å². The summed E-state index contributed by atoms with van der Waals surface area (Å²) in [5.74, 6) is -0.442. The van der Waals surface area contributed by atoms with Crippen LogP contribution in [0, 0.1) is 6.92 Å². The van der Waals surface area contributed by atoms with Crippen LogP contribution in [0.5, 0.6) is 11.5 Å². The molecule has 0 radical (unpaired) electrons. The van der Waals surface area contributed by atoms with Gasteiger partial charge in [0.2, 0.25) is 0 Å². The van der Waals surface area contributed by atoms with Crippen LogP contribution in [0.4, 0.5) is 10.8 Å². The predicted molar refractivity (Wildman–Crippen MR) is 150 cm³/mol. The lowest BCUT2D eigenvalue weighted by Crippen LogP contribution is -2.32. The number of rotatable bonds is 8. The number of esters is 2. The summed E-state index contributed by atoms with van der Waals surface area (Å²) in [7, 11) is 5.84. The molecule has 2 heterocycles. The fourth-order valence-corrected chi connectivity index (χ4v) is 5.57. The van der Waals surface area contributed by atoms with Gasteiger partial charge in [0.25, 0.3) is 0 Å². The molecule has 0 saturated carbocycles. The van der Waals surface area contributed by atoms with Crippen molar-refractivity contribution in [2.75, 3.05) is 33.8 Å². The van der Waals surface area contributed by atoms with E-state index in [0.29, 0.717) is 39.2 Å². The number of allylic oxidation sites excluding steroid dienone is 2. The number of benzene rings is 2. The van der Waals surface area contributed by atoms with Crippen molar-refractivity contribution in [2.45, 2.75) is 26.7 Å². The lowest BCUT2D eigenvalue weighted by atomic mass is 9.80. The molecule has 3 aromatic rings. The number of aromatic nitrogens is 1. The second-order valence-corrected chi connectivity index (χ2v) is 10.1. The molecule has 0 atom stereocenters. The maximum Gasteiger partial charge on any atom is 0.336 e. The number of nitrogens with zero attached hydrogens (tertiary/aromatic N) is 1. The fraction of sp³-hybridized carbons (Fsp3) is 0.276. The molecule has 0 saturated heterocycles. The Hall–Kier alpha value is -4.31. The molecule has 4 rings (SSSR count). The van der Waals surface area contributed by atoms with Crippen LogP contribution in [0.3, 0.4) is 0 Å². The number of carbonyl (C=O) groups is 2. The zero-order valence-electron chi connectivity index (χ0n) is 22.9. The maximum atomic E-state index is 12.8. The van der Waals surface area contributed by atoms with Crippen molar-refractivity contribution in [3.63, 3.8) is 0 Å². The molecule has 0 unspecified atom stereocenters. The Bertz CT molecular complexity index is 1450. The SMILES string of the molecule is COC(=O)C1=C(C)NC(C)=C(C(=O)OC)C1c1cccc(Nc2nc(-c3ccc(OC)c(OC)c3)c(C)s2)c1. The van der Waals surface area contributed by atoms with Crippen LogP contribution in [-0.4, -0.2) is 45.4 Å². The third-order valence-corrected chi connectivity index (χ3v) is 7.38. The minimum absolute atomic E-state index is 0.349. The standard InChI is InChI=1S/C29H31N3O6S/c1-15-23(27(33)37-6)25(24(16(2)30-15)28(34)38-7)18-9-8-10-20(13-18)31-29-32-26(17(3)39-29)19-11-12-21(35-4)22(14-19)36-5/h8-14,25,30H,1-7H3,(H,31,32). The number of hydrogen-bond acceptors (Lipinski definition) is 10. The molecular weight excluding hydrogens is 518 g/mol. The molecule has 10 heteroatoms. The van der Waals surface area contributed by atoms with E-state index in [1.807, 2.05) is 49.4 Å². The summed E-state index contributed by atoms with van der Waals surface area (Å²) in [5, 5.41) is 7.19. The van der Waals surface area contributed by atoms with Gasteiger partial charge in [-0.15, -0.1) is 11.3 Å². The second-order valence-electron chi connectivity index (χ2n) is 8.86. The summed E-state index contributed by atoms with van der Waals surface area (Å²) < 4.78 is 20.9. The van der Waals surface area contributed by atoms with Crippen LogP contribution in [-0.2, 0) is 19.1 Å². The van der Waals surface area contributed by atoms with Gasteiger partial charge in [-0.05, 0) is 56.7 Å². The van der Waals surface area contributed by atoms with Gasteiger partial charge in [-0.1, -0.05) is 12.1 Å². The van der Waals surface area contributed by atoms with E-state index in [9.17, 15) is 9.59 Å². The number of methoxy groups -OCH3 is 4. The van der Waals surface area contributed by atoms with Gasteiger partial charge in [-0.25, -0.2) is 14.6 Å². The van der Waals surface area contributed by atoms with E-state index in [0.717, 1.165) is 27.4 Å². The Kier molecular flexibility index (Phi) is 8.25. The summed E-state index contributed by atoms with van der Waals surface area (Å²) in [4.78, 5) is 31.5. The van der Waals surface area contributed by atoms with E-state index in [2.05, 4.69) is 10.6 Å². The van der Waals surface area contributed by atoms with E-state index in [1.54, 1.807) is 28.1 Å². The van der Waals surface area contributed by atoms with E-state index in [-0.39, 0.29) is 0 Å². The van der Waals surface area contributed by atoms with Gasteiger partial charge >= 0.3 is 11.9 Å². The molecule has 1 aromatic heterocycles. The topological polar surface area (TPSA) is 108 Å². The molecular formula is C29H31N3O6S. The normalized spacial score (nSPS) is 13.6. The Balaban J connectivity index is 1.71. The highest BCUT2D eigenvalue weighted by Crippen LogP contribution is 2.41. The van der Waals surface area contributed by atoms with Crippen molar-refractivity contribution < 1.29 is 28.5 Å². The first kappa shape index (κ1) is 27.7. The van der Waals surface area contributed by atoms with Crippen LogP contribution >= 0.6 is 11.3 Å². The number of dihydropyridines is 1. The number of hydrogen-bond donors (Lipinski definition) is 2. The van der Waals surface area contributed by atoms with E-state index in [1.165, 1.54) is 25.6 Å². The van der Waals surface area contributed by atoms with E-state index in [4.69, 9.17) is 23.9 Å². The molecule has 0 fully saturated rings. The molecule has 204 valence electrons. The average molecular weight is 550 g/mol. The molecule has 1 aliphatic heterocycles. The Morgan fingerprint density at radius 1 is 0.872 bits per heavy atom. The van der Waals surface area contributed by atoms with Gasteiger partial charge in [-0.3, -0.25) is 0 Å². The first-order valence-corrected chi connectivity index (χ1v) is 13.0. The van der Waals surface area contributed by atoms with Crippen molar-refractivity contribution in [1.29, 1.82) is 0 Å². The first-order valence-electron chi connectivity index (χ1n) is 12.1. The smallest absolute Gasteiger partial charge is 0.336 e. The predicted octanol–water partition coefficient (Wildman–Crippen LogP) is 5.46. The van der Waals surface area contributed by atoms with Crippen LogP contribution in [0.1, 0.15) is 30.2 Å². The van der Waals surface area contributed by atoms with Gasteiger partial charge < -0.3 is 29.6 Å². The van der Waals surface area contributed by atoms with Crippen molar-refractivity contribution in [1.82, 2.24) is 10.3 Å². The largest absolute Gasteiger partial charge is 0.493 e. The van der Waals surface area contributed by atoms with E-state index < -0.39 is 17.9 Å². The number of aryl methyl sites for hydroxylation is 1. The number of ether oxygens (including phenoxy) is 4. The molecule has 39 heavy (non-hydrogen) atoms. The molecule has 1 aliphatic rings. The van der Waals surface area contributed by atoms with Gasteiger partial charge in [0.1, 0.15) is 0 Å². The minimum Gasteiger partial charge on any atom is -0.493 e. The Labute approximate surface area is 231 Å². The van der Waals surface area contributed by atoms with Crippen molar-refractivity contribution in [3.8, 4) is 22.8 Å². The summed E-state index contributed by atoms with van der Waals surface area (Å²) in [6.07, 6.45) is 0. The highest BCUT2D eigenvalue weighted by Gasteiger charge is 2.37. The molecule has 0 bridgehead atoms. The van der Waals surface area contributed by atoms with Crippen LogP contribution in [0.2, 0.25) is 0 Å². The maximum absolute atomic E-state index is 12.8. The van der Waals surface area contributed by atoms with Gasteiger partial charge in [0.05, 0.1) is 51.2 Å². The monoisotopic (exact) mass is 549 g/mol. The summed E-state index contributed by atoms with van der Waals surface area (Å²) in [6.45, 7) is 5.58. The second kappa shape index (κ2) is 11.6.